The van der Waals surface area contributed by atoms with E-state index in [1.54, 1.807) is 19.1 Å². The second-order valence-corrected chi connectivity index (χ2v) is 11.2. The first-order valence-electron chi connectivity index (χ1n) is 13.1. The number of hydrogen-bond donors (Lipinski definition) is 1. The van der Waals surface area contributed by atoms with E-state index >= 15 is 0 Å². The summed E-state index contributed by atoms with van der Waals surface area (Å²) in [5.74, 6) is 0.747. The van der Waals surface area contributed by atoms with Gasteiger partial charge < -0.3 is 24.4 Å². The minimum absolute atomic E-state index is 0.0481. The summed E-state index contributed by atoms with van der Waals surface area (Å²) >= 11 is 0. The lowest BCUT2D eigenvalue weighted by atomic mass is 9.57. The van der Waals surface area contributed by atoms with Gasteiger partial charge in [-0.15, -0.1) is 0 Å². The van der Waals surface area contributed by atoms with E-state index in [1.807, 2.05) is 14.0 Å². The number of nitrogens with zero attached hydrogens (tertiary/aromatic N) is 2. The fourth-order valence-corrected chi connectivity index (χ4v) is 6.35. The van der Waals surface area contributed by atoms with Gasteiger partial charge in [-0.05, 0) is 76.6 Å². The zero-order valence-corrected chi connectivity index (χ0v) is 22.7. The average Bonchev–Trinajstić information content (AvgIpc) is 2.84. The van der Waals surface area contributed by atoms with Gasteiger partial charge in [0.2, 0.25) is 5.91 Å². The molecule has 0 saturated heterocycles. The van der Waals surface area contributed by atoms with Crippen molar-refractivity contribution in [3.8, 4) is 0 Å². The van der Waals surface area contributed by atoms with Gasteiger partial charge in [0.1, 0.15) is 0 Å². The molecule has 3 atom stereocenters. The highest BCUT2D eigenvalue weighted by molar-refractivity contribution is 5.82. The van der Waals surface area contributed by atoms with Crippen molar-refractivity contribution < 1.29 is 19.4 Å². The summed E-state index contributed by atoms with van der Waals surface area (Å²) < 4.78 is 10.5. The number of allylic oxidation sites excluding steroid dienone is 1. The molecular weight excluding hydrogens is 440 g/mol. The van der Waals surface area contributed by atoms with Crippen molar-refractivity contribution in [3.05, 3.63) is 41.5 Å². The molecule has 3 aliphatic carbocycles. The van der Waals surface area contributed by atoms with Crippen LogP contribution in [0.5, 0.6) is 0 Å². The van der Waals surface area contributed by atoms with E-state index in [0.717, 1.165) is 38.8 Å². The van der Waals surface area contributed by atoms with Crippen molar-refractivity contribution in [2.24, 2.45) is 17.3 Å². The summed E-state index contributed by atoms with van der Waals surface area (Å²) in [7, 11) is 7.20. The Morgan fingerprint density at radius 3 is 2.37 bits per heavy atom. The number of amides is 1. The van der Waals surface area contributed by atoms with Gasteiger partial charge in [0.25, 0.3) is 0 Å². The largest absolute Gasteiger partial charge is 0.389 e. The Balaban J connectivity index is 1.52. The summed E-state index contributed by atoms with van der Waals surface area (Å²) in [6.07, 6.45) is 4.80. The second-order valence-electron chi connectivity index (χ2n) is 11.2. The molecule has 1 aromatic rings. The number of aliphatic hydroxyl groups is 1. The third-order valence-electron chi connectivity index (χ3n) is 8.27. The number of rotatable bonds is 13. The fourth-order valence-electron chi connectivity index (χ4n) is 6.35. The fraction of sp³-hybridized carbons (Fsp3) is 0.690. The molecule has 2 bridgehead atoms. The molecule has 0 heterocycles. The van der Waals surface area contributed by atoms with E-state index in [4.69, 9.17) is 9.47 Å². The molecule has 6 nitrogen and oxygen atoms in total. The molecule has 196 valence electrons. The maximum Gasteiger partial charge on any atom is 0.232 e. The molecule has 0 spiro atoms. The quantitative estimate of drug-likeness (QED) is 0.455. The molecule has 1 N–H and O–H groups in total. The minimum atomic E-state index is -0.671. The van der Waals surface area contributed by atoms with Crippen LogP contribution in [0.25, 0.3) is 5.57 Å². The maximum atomic E-state index is 13.0. The molecule has 6 heteroatoms. The SMILES string of the molecule is COCC(C)(COC)C(=O)N(C)CCCN(C)CC[C@@]1(O)C[C@H]2CC[C@@H]1C(c1ccccc1)=C2C. The first-order chi connectivity index (χ1) is 16.6. The molecule has 0 aromatic heterocycles. The highest BCUT2D eigenvalue weighted by Crippen LogP contribution is 2.54. The Hall–Kier alpha value is -1.73. The maximum absolute atomic E-state index is 13.0. The summed E-state index contributed by atoms with van der Waals surface area (Å²) in [5.41, 5.74) is 2.82. The van der Waals surface area contributed by atoms with Crippen LogP contribution >= 0.6 is 0 Å². The van der Waals surface area contributed by atoms with Crippen molar-refractivity contribution in [2.45, 2.75) is 51.6 Å². The van der Waals surface area contributed by atoms with E-state index in [-0.39, 0.29) is 11.8 Å². The monoisotopic (exact) mass is 486 g/mol. The smallest absolute Gasteiger partial charge is 0.232 e. The van der Waals surface area contributed by atoms with Crippen molar-refractivity contribution in [1.82, 2.24) is 9.80 Å². The third kappa shape index (κ3) is 6.34. The molecule has 1 amide bonds. The van der Waals surface area contributed by atoms with Gasteiger partial charge in [-0.3, -0.25) is 4.79 Å². The number of hydrogen-bond acceptors (Lipinski definition) is 5. The lowest BCUT2D eigenvalue weighted by Gasteiger charge is -2.51. The number of ether oxygens (including phenoxy) is 2. The predicted molar refractivity (Wildman–Crippen MR) is 141 cm³/mol. The summed E-state index contributed by atoms with van der Waals surface area (Å²) in [6, 6.07) is 10.6. The molecule has 0 radical (unpaired) electrons. The number of fused-ring (bicyclic) bond motifs is 2. The van der Waals surface area contributed by atoms with E-state index in [1.165, 1.54) is 23.1 Å². The van der Waals surface area contributed by atoms with Gasteiger partial charge in [0, 0.05) is 40.3 Å². The normalized spacial score (nSPS) is 24.3. The van der Waals surface area contributed by atoms with Gasteiger partial charge >= 0.3 is 0 Å². The van der Waals surface area contributed by atoms with E-state index in [9.17, 15) is 9.90 Å². The van der Waals surface area contributed by atoms with Gasteiger partial charge in [0.05, 0.1) is 24.2 Å². The summed E-state index contributed by atoms with van der Waals surface area (Å²) in [4.78, 5) is 17.0. The third-order valence-corrected chi connectivity index (χ3v) is 8.27. The molecule has 0 unspecified atom stereocenters. The Labute approximate surface area is 212 Å². The first-order valence-corrected chi connectivity index (χ1v) is 13.1. The van der Waals surface area contributed by atoms with Gasteiger partial charge in [-0.25, -0.2) is 0 Å². The molecule has 0 aliphatic heterocycles. The minimum Gasteiger partial charge on any atom is -0.389 e. The van der Waals surface area contributed by atoms with Gasteiger partial charge in [0.15, 0.2) is 0 Å². The van der Waals surface area contributed by atoms with Crippen LogP contribution in [-0.2, 0) is 14.3 Å². The van der Waals surface area contributed by atoms with Crippen molar-refractivity contribution in [3.63, 3.8) is 0 Å². The molecule has 3 aliphatic rings. The van der Waals surface area contributed by atoms with Crippen LogP contribution in [-0.4, -0.2) is 87.6 Å². The lowest BCUT2D eigenvalue weighted by Crippen LogP contribution is -2.49. The molecule has 1 saturated carbocycles. The van der Waals surface area contributed by atoms with Crippen molar-refractivity contribution in [2.75, 3.05) is 61.2 Å². The molecule has 35 heavy (non-hydrogen) atoms. The molecular formula is C29H46N2O4. The van der Waals surface area contributed by atoms with Crippen LogP contribution in [0.4, 0.5) is 0 Å². The van der Waals surface area contributed by atoms with Crippen LogP contribution in [0.2, 0.25) is 0 Å². The molecule has 4 rings (SSSR count). The Morgan fingerprint density at radius 1 is 1.09 bits per heavy atom. The number of methoxy groups -OCH3 is 2. The molecule has 1 aromatic carbocycles. The summed E-state index contributed by atoms with van der Waals surface area (Å²) in [6.45, 7) is 7.25. The van der Waals surface area contributed by atoms with Crippen molar-refractivity contribution >= 4 is 11.5 Å². The highest BCUT2D eigenvalue weighted by atomic mass is 16.5. The van der Waals surface area contributed by atoms with Gasteiger partial charge in [-0.1, -0.05) is 35.9 Å². The second kappa shape index (κ2) is 12.0. The van der Waals surface area contributed by atoms with Crippen LogP contribution in [0, 0.1) is 17.3 Å². The molecule has 1 fully saturated rings. The van der Waals surface area contributed by atoms with E-state index in [0.29, 0.717) is 25.7 Å². The number of benzene rings is 1. The van der Waals surface area contributed by atoms with E-state index < -0.39 is 11.0 Å². The van der Waals surface area contributed by atoms with Crippen molar-refractivity contribution in [1.29, 1.82) is 0 Å². The summed E-state index contributed by atoms with van der Waals surface area (Å²) in [5, 5.41) is 11.8. The topological polar surface area (TPSA) is 62.2 Å². The average molecular weight is 487 g/mol. The lowest BCUT2D eigenvalue weighted by molar-refractivity contribution is -0.146. The number of carbonyl (C=O) groups is 1. The van der Waals surface area contributed by atoms with Crippen LogP contribution in [0.1, 0.15) is 51.5 Å². The predicted octanol–water partition coefficient (Wildman–Crippen LogP) is 4.09. The Morgan fingerprint density at radius 2 is 1.74 bits per heavy atom. The zero-order valence-electron chi connectivity index (χ0n) is 22.7. The standard InChI is InChI=1S/C29H46N2O4/c1-22-24-13-14-25(26(22)23-11-8-7-9-12-23)29(33,19-24)15-18-30(3)16-10-17-31(4)27(32)28(2,20-34-5)21-35-6/h7-9,11-12,24-25,33H,10,13-21H2,1-6H3/t24-,25-,29-/m1/s1. The van der Waals surface area contributed by atoms with Crippen LogP contribution < -0.4 is 0 Å². The zero-order chi connectivity index (χ0) is 25.6. The van der Waals surface area contributed by atoms with Crippen LogP contribution in [0.3, 0.4) is 0 Å². The van der Waals surface area contributed by atoms with Crippen LogP contribution in [0.15, 0.2) is 35.9 Å². The number of carbonyl (C=O) groups excluding carboxylic acids is 1. The Kier molecular flexibility index (Phi) is 9.55. The van der Waals surface area contributed by atoms with E-state index in [2.05, 4.69) is 49.2 Å². The Bertz CT molecular complexity index is 865. The first kappa shape index (κ1) is 27.9. The van der Waals surface area contributed by atoms with Gasteiger partial charge in [-0.2, -0.15) is 0 Å². The highest BCUT2D eigenvalue weighted by Gasteiger charge is 2.49.